The number of anilines is 2. The number of hydrogen-bond acceptors (Lipinski definition) is 6. The molecule has 0 aliphatic carbocycles. The van der Waals surface area contributed by atoms with Gasteiger partial charge in [-0.3, -0.25) is 4.57 Å². The highest BCUT2D eigenvalue weighted by atomic mass is 35.5. The molecule has 1 N–H and O–H groups in total. The summed E-state index contributed by atoms with van der Waals surface area (Å²) in [6, 6.07) is 14.4. The van der Waals surface area contributed by atoms with Gasteiger partial charge in [-0.05, 0) is 49.2 Å². The standard InChI is InChI=1S/C26H25Cl2F3N6O/c1-35(14-15-38)25-33-23(36-12-10-16(11-13-36)26(29,30)31)21-24(34-25)37(18-8-6-17(27)7-9-18)22(32-21)19-4-2-3-5-20(19)28/h2-9,16,38H,10-15H2,1H3. The summed E-state index contributed by atoms with van der Waals surface area (Å²) in [5.74, 6) is -0.0784. The van der Waals surface area contributed by atoms with Crippen molar-refractivity contribution in [3.05, 3.63) is 58.6 Å². The average molecular weight is 565 g/mol. The summed E-state index contributed by atoms with van der Waals surface area (Å²) >= 11 is 12.7. The number of rotatable bonds is 6. The van der Waals surface area contributed by atoms with Crippen LogP contribution < -0.4 is 9.80 Å². The van der Waals surface area contributed by atoms with Crippen LogP contribution in [0, 0.1) is 5.92 Å². The maximum atomic E-state index is 13.4. The van der Waals surface area contributed by atoms with Crippen molar-refractivity contribution >= 4 is 46.1 Å². The number of nitrogens with zero attached hydrogens (tertiary/aromatic N) is 6. The zero-order chi connectivity index (χ0) is 27.0. The van der Waals surface area contributed by atoms with Crippen molar-refractivity contribution in [2.24, 2.45) is 5.92 Å². The maximum absolute atomic E-state index is 13.4. The molecule has 7 nitrogen and oxygen atoms in total. The number of hydrogen-bond donors (Lipinski definition) is 1. The third-order valence-corrected chi connectivity index (χ3v) is 7.29. The Hall–Kier alpha value is -3.08. The Kier molecular flexibility index (Phi) is 7.39. The Morgan fingerprint density at radius 3 is 2.32 bits per heavy atom. The molecule has 0 radical (unpaired) electrons. The zero-order valence-corrected chi connectivity index (χ0v) is 22.0. The lowest BCUT2D eigenvalue weighted by atomic mass is 9.96. The molecule has 3 heterocycles. The minimum absolute atomic E-state index is 0.0356. The Morgan fingerprint density at radius 1 is 1.00 bits per heavy atom. The van der Waals surface area contributed by atoms with E-state index in [1.807, 2.05) is 39.8 Å². The third-order valence-electron chi connectivity index (χ3n) is 6.71. The van der Waals surface area contributed by atoms with E-state index in [0.29, 0.717) is 44.4 Å². The predicted molar refractivity (Wildman–Crippen MR) is 143 cm³/mol. The largest absolute Gasteiger partial charge is 0.395 e. The molecule has 0 unspecified atom stereocenters. The number of aromatic nitrogens is 4. The van der Waals surface area contributed by atoms with Crippen LogP contribution in [0.4, 0.5) is 24.9 Å². The van der Waals surface area contributed by atoms with E-state index in [9.17, 15) is 18.3 Å². The van der Waals surface area contributed by atoms with Gasteiger partial charge in [-0.15, -0.1) is 0 Å². The molecule has 1 aliphatic heterocycles. The van der Waals surface area contributed by atoms with Crippen LogP contribution in [0.25, 0.3) is 28.2 Å². The molecular weight excluding hydrogens is 540 g/mol. The van der Waals surface area contributed by atoms with Crippen molar-refractivity contribution in [3.63, 3.8) is 0 Å². The number of piperidine rings is 1. The van der Waals surface area contributed by atoms with Crippen LogP contribution in [0.5, 0.6) is 0 Å². The fraction of sp³-hybridized carbons (Fsp3) is 0.346. The number of aliphatic hydroxyl groups excluding tert-OH is 1. The number of likely N-dealkylation sites (N-methyl/N-ethyl adjacent to an activating group) is 1. The van der Waals surface area contributed by atoms with Gasteiger partial charge in [0.25, 0.3) is 0 Å². The minimum atomic E-state index is -4.23. The minimum Gasteiger partial charge on any atom is -0.395 e. The number of fused-ring (bicyclic) bond motifs is 1. The fourth-order valence-corrected chi connectivity index (χ4v) is 5.00. The van der Waals surface area contributed by atoms with Gasteiger partial charge in [0.15, 0.2) is 17.0 Å². The van der Waals surface area contributed by atoms with Crippen LogP contribution in [0.3, 0.4) is 0 Å². The quantitative estimate of drug-likeness (QED) is 0.310. The molecule has 12 heteroatoms. The van der Waals surface area contributed by atoms with Gasteiger partial charge in [-0.2, -0.15) is 23.1 Å². The van der Waals surface area contributed by atoms with Crippen molar-refractivity contribution < 1.29 is 18.3 Å². The Bertz CT molecular complexity index is 1440. The van der Waals surface area contributed by atoms with Gasteiger partial charge in [0.2, 0.25) is 5.95 Å². The van der Waals surface area contributed by atoms with E-state index in [4.69, 9.17) is 38.2 Å². The Balaban J connectivity index is 1.74. The second-order valence-electron chi connectivity index (χ2n) is 9.19. The summed E-state index contributed by atoms with van der Waals surface area (Å²) in [4.78, 5) is 18.0. The molecule has 0 spiro atoms. The number of halogens is 5. The second-order valence-corrected chi connectivity index (χ2v) is 10.0. The molecule has 2 aromatic heterocycles. The molecular formula is C26H25Cl2F3N6O. The predicted octanol–water partition coefficient (Wildman–Crippen LogP) is 6.00. The van der Waals surface area contributed by atoms with Crippen molar-refractivity contribution in [1.82, 2.24) is 19.5 Å². The molecule has 4 aromatic rings. The van der Waals surface area contributed by atoms with E-state index >= 15 is 0 Å². The highest BCUT2D eigenvalue weighted by Gasteiger charge is 2.41. The van der Waals surface area contributed by atoms with E-state index < -0.39 is 12.1 Å². The Labute approximate surface area is 227 Å². The summed E-state index contributed by atoms with van der Waals surface area (Å²) in [7, 11) is 1.75. The first kappa shape index (κ1) is 26.5. The molecule has 0 atom stereocenters. The molecule has 38 heavy (non-hydrogen) atoms. The lowest BCUT2D eigenvalue weighted by Gasteiger charge is -2.34. The van der Waals surface area contributed by atoms with Crippen LogP contribution in [0.2, 0.25) is 10.0 Å². The highest BCUT2D eigenvalue weighted by molar-refractivity contribution is 6.33. The summed E-state index contributed by atoms with van der Waals surface area (Å²) in [6.45, 7) is 0.502. The van der Waals surface area contributed by atoms with Crippen LogP contribution in [-0.2, 0) is 0 Å². The van der Waals surface area contributed by atoms with E-state index in [2.05, 4.69) is 0 Å². The first-order chi connectivity index (χ1) is 18.2. The van der Waals surface area contributed by atoms with E-state index in [0.717, 1.165) is 5.69 Å². The summed E-state index contributed by atoms with van der Waals surface area (Å²) in [6.07, 6.45) is -4.30. The number of aliphatic hydroxyl groups is 1. The lowest BCUT2D eigenvalue weighted by Crippen LogP contribution is -2.39. The molecule has 0 amide bonds. The monoisotopic (exact) mass is 564 g/mol. The van der Waals surface area contributed by atoms with Gasteiger partial charge >= 0.3 is 6.18 Å². The second kappa shape index (κ2) is 10.6. The maximum Gasteiger partial charge on any atom is 0.391 e. The van der Waals surface area contributed by atoms with E-state index in [-0.39, 0.29) is 39.1 Å². The van der Waals surface area contributed by atoms with Crippen LogP contribution >= 0.6 is 23.2 Å². The summed E-state index contributed by atoms with van der Waals surface area (Å²) < 4.78 is 41.9. The summed E-state index contributed by atoms with van der Waals surface area (Å²) in [5, 5.41) is 10.6. The van der Waals surface area contributed by atoms with Crippen molar-refractivity contribution in [3.8, 4) is 17.1 Å². The molecule has 5 rings (SSSR count). The molecule has 200 valence electrons. The first-order valence-corrected chi connectivity index (χ1v) is 12.9. The molecule has 1 fully saturated rings. The fourth-order valence-electron chi connectivity index (χ4n) is 4.65. The first-order valence-electron chi connectivity index (χ1n) is 12.1. The topological polar surface area (TPSA) is 70.3 Å². The van der Waals surface area contributed by atoms with Gasteiger partial charge in [0.1, 0.15) is 5.82 Å². The third kappa shape index (κ3) is 5.12. The van der Waals surface area contributed by atoms with E-state index in [1.54, 1.807) is 30.1 Å². The highest BCUT2D eigenvalue weighted by Crippen LogP contribution is 2.39. The summed E-state index contributed by atoms with van der Waals surface area (Å²) in [5.41, 5.74) is 2.29. The molecule has 1 aliphatic rings. The SMILES string of the molecule is CN(CCO)c1nc(N2CCC(C(F)(F)F)CC2)c2nc(-c3ccccc3Cl)n(-c3ccc(Cl)cc3)c2n1. The number of imidazole rings is 1. The average Bonchev–Trinajstić information content (AvgIpc) is 3.28. The van der Waals surface area contributed by atoms with Gasteiger partial charge in [0.05, 0.1) is 17.5 Å². The molecule has 2 aromatic carbocycles. The van der Waals surface area contributed by atoms with E-state index in [1.165, 1.54) is 0 Å². The smallest absolute Gasteiger partial charge is 0.391 e. The van der Waals surface area contributed by atoms with Crippen molar-refractivity contribution in [1.29, 1.82) is 0 Å². The van der Waals surface area contributed by atoms with Gasteiger partial charge in [-0.1, -0.05) is 35.3 Å². The van der Waals surface area contributed by atoms with Crippen LogP contribution in [0.1, 0.15) is 12.8 Å². The molecule has 1 saturated heterocycles. The van der Waals surface area contributed by atoms with Gasteiger partial charge in [0, 0.05) is 43.0 Å². The number of alkyl halides is 3. The zero-order valence-electron chi connectivity index (χ0n) is 20.5. The number of benzene rings is 2. The molecule has 0 saturated carbocycles. The Morgan fingerprint density at radius 2 is 1.68 bits per heavy atom. The lowest BCUT2D eigenvalue weighted by molar-refractivity contribution is -0.179. The van der Waals surface area contributed by atoms with Gasteiger partial charge in [-0.25, -0.2) is 4.98 Å². The van der Waals surface area contributed by atoms with Crippen LogP contribution in [0.15, 0.2) is 48.5 Å². The normalized spacial score (nSPS) is 14.9. The van der Waals surface area contributed by atoms with Crippen molar-refractivity contribution in [2.75, 3.05) is 43.1 Å². The van der Waals surface area contributed by atoms with Gasteiger partial charge < -0.3 is 14.9 Å². The van der Waals surface area contributed by atoms with Crippen molar-refractivity contribution in [2.45, 2.75) is 19.0 Å². The molecule has 0 bridgehead atoms. The van der Waals surface area contributed by atoms with Crippen LogP contribution in [-0.4, -0.2) is 64.1 Å².